The van der Waals surface area contributed by atoms with E-state index in [2.05, 4.69) is 27.9 Å². The van der Waals surface area contributed by atoms with Crippen molar-refractivity contribution < 1.29 is 14.0 Å². The maximum atomic E-state index is 12.2. The number of thiophene rings is 1. The van der Waals surface area contributed by atoms with Gasteiger partial charge in [-0.15, -0.1) is 11.3 Å². The lowest BCUT2D eigenvalue weighted by Crippen LogP contribution is -2.23. The van der Waals surface area contributed by atoms with Crippen molar-refractivity contribution in [1.29, 1.82) is 0 Å². The fourth-order valence-corrected chi connectivity index (χ4v) is 3.56. The van der Waals surface area contributed by atoms with Crippen molar-refractivity contribution in [1.82, 2.24) is 5.32 Å². The van der Waals surface area contributed by atoms with Crippen LogP contribution in [-0.4, -0.2) is 11.7 Å². The van der Waals surface area contributed by atoms with Crippen molar-refractivity contribution in [3.05, 3.63) is 79.4 Å². The molecule has 2 heterocycles. The average Bonchev–Trinajstić information content (AvgIpc) is 3.24. The van der Waals surface area contributed by atoms with Gasteiger partial charge in [-0.05, 0) is 59.0 Å². The number of nitrogens with one attached hydrogen (secondary N) is 1. The van der Waals surface area contributed by atoms with Crippen molar-refractivity contribution >= 4 is 45.6 Å². The molecule has 0 spiro atoms. The Bertz CT molecular complexity index is 839. The van der Waals surface area contributed by atoms with Crippen molar-refractivity contribution in [2.75, 3.05) is 0 Å². The van der Waals surface area contributed by atoms with E-state index in [1.54, 1.807) is 24.3 Å². The number of halogens is 1. The monoisotopic (exact) mass is 437 g/mol. The maximum absolute atomic E-state index is 12.2. The average molecular weight is 437 g/mol. The molecule has 1 aromatic carbocycles. The van der Waals surface area contributed by atoms with Gasteiger partial charge in [0, 0.05) is 8.45 Å². The van der Waals surface area contributed by atoms with Crippen LogP contribution in [0.2, 0.25) is 0 Å². The summed E-state index contributed by atoms with van der Waals surface area (Å²) in [6.45, 7) is 0.389. The molecule has 1 N–H and O–H groups in total. The summed E-state index contributed by atoms with van der Waals surface area (Å²) in [7, 11) is 0. The van der Waals surface area contributed by atoms with Crippen LogP contribution in [-0.2, 0) is 6.54 Å². The second-order valence-corrected chi connectivity index (χ2v) is 7.07. The van der Waals surface area contributed by atoms with Gasteiger partial charge in [0.1, 0.15) is 0 Å². The number of benzene rings is 1. The molecule has 0 saturated carbocycles. The van der Waals surface area contributed by atoms with Crippen LogP contribution in [0.25, 0.3) is 0 Å². The second-order valence-electron chi connectivity index (χ2n) is 4.73. The van der Waals surface area contributed by atoms with E-state index in [0.29, 0.717) is 22.7 Å². The number of hydrogen-bond donors (Lipinski definition) is 1. The Balaban J connectivity index is 1.65. The highest BCUT2D eigenvalue weighted by Gasteiger charge is 2.15. The molecule has 0 fully saturated rings. The highest BCUT2D eigenvalue weighted by molar-refractivity contribution is 14.1. The molecule has 0 aliphatic carbocycles. The third-order valence-electron chi connectivity index (χ3n) is 3.17. The van der Waals surface area contributed by atoms with Crippen molar-refractivity contribution in [2.24, 2.45) is 0 Å². The van der Waals surface area contributed by atoms with Crippen molar-refractivity contribution in [3.8, 4) is 0 Å². The minimum absolute atomic E-state index is 0.123. The molecule has 6 heteroatoms. The number of rotatable bonds is 5. The molecule has 2 aromatic heterocycles. The van der Waals surface area contributed by atoms with E-state index in [9.17, 15) is 9.59 Å². The second kappa shape index (κ2) is 7.10. The Labute approximate surface area is 150 Å². The molecule has 1 amide bonds. The van der Waals surface area contributed by atoms with Crippen LogP contribution in [0.5, 0.6) is 0 Å². The molecule has 0 unspecified atom stereocenters. The summed E-state index contributed by atoms with van der Waals surface area (Å²) < 4.78 is 6.02. The van der Waals surface area contributed by atoms with Gasteiger partial charge in [-0.25, -0.2) is 0 Å². The molecule has 0 radical (unpaired) electrons. The smallest absolute Gasteiger partial charge is 0.252 e. The Morgan fingerprint density at radius 1 is 1.09 bits per heavy atom. The lowest BCUT2D eigenvalue weighted by molar-refractivity contribution is 0.0949. The Hall–Kier alpha value is -1.93. The molecule has 116 valence electrons. The first-order valence-electron chi connectivity index (χ1n) is 6.85. The molecule has 4 nitrogen and oxygen atoms in total. The van der Waals surface area contributed by atoms with Crippen molar-refractivity contribution in [3.63, 3.8) is 0 Å². The van der Waals surface area contributed by atoms with E-state index in [1.807, 2.05) is 24.3 Å². The fraction of sp³-hybridized carbons (Fsp3) is 0.0588. The maximum Gasteiger partial charge on any atom is 0.252 e. The van der Waals surface area contributed by atoms with Gasteiger partial charge in [0.25, 0.3) is 5.91 Å². The van der Waals surface area contributed by atoms with Gasteiger partial charge in [0.15, 0.2) is 5.76 Å². The van der Waals surface area contributed by atoms with Gasteiger partial charge in [0.2, 0.25) is 5.78 Å². The summed E-state index contributed by atoms with van der Waals surface area (Å²) in [6.07, 6.45) is 1.48. The Kier molecular flexibility index (Phi) is 4.92. The summed E-state index contributed by atoms with van der Waals surface area (Å²) in [5.41, 5.74) is 0.650. The van der Waals surface area contributed by atoms with Gasteiger partial charge in [0.05, 0.1) is 23.2 Å². The minimum Gasteiger partial charge on any atom is -0.461 e. The molecule has 0 saturated heterocycles. The molecular formula is C17H12INO3S. The molecule has 0 atom stereocenters. The van der Waals surface area contributed by atoms with Crippen LogP contribution in [0, 0.1) is 3.57 Å². The van der Waals surface area contributed by atoms with E-state index in [0.717, 1.165) is 8.45 Å². The van der Waals surface area contributed by atoms with Gasteiger partial charge < -0.3 is 9.73 Å². The third kappa shape index (κ3) is 3.70. The molecular weight excluding hydrogens is 425 g/mol. The van der Waals surface area contributed by atoms with E-state index in [-0.39, 0.29) is 11.7 Å². The number of hydrogen-bond acceptors (Lipinski definition) is 4. The topological polar surface area (TPSA) is 59.3 Å². The van der Waals surface area contributed by atoms with E-state index >= 15 is 0 Å². The van der Waals surface area contributed by atoms with Crippen LogP contribution in [0.3, 0.4) is 0 Å². The number of amides is 1. The lowest BCUT2D eigenvalue weighted by Gasteiger charge is -2.05. The van der Waals surface area contributed by atoms with Crippen LogP contribution >= 0.6 is 33.9 Å². The molecule has 0 aliphatic heterocycles. The summed E-state index contributed by atoms with van der Waals surface area (Å²) in [6, 6.07) is 14.3. The third-order valence-corrected chi connectivity index (χ3v) is 5.20. The summed E-state index contributed by atoms with van der Waals surface area (Å²) >= 11 is 3.49. The molecule has 0 aliphatic rings. The first kappa shape index (κ1) is 15.9. The quantitative estimate of drug-likeness (QED) is 0.483. The first-order valence-corrected chi connectivity index (χ1v) is 8.74. The van der Waals surface area contributed by atoms with Crippen LogP contribution < -0.4 is 5.32 Å². The number of carbonyl (C=O) groups is 2. The summed E-state index contributed by atoms with van der Waals surface area (Å²) in [5, 5.41) is 2.88. The van der Waals surface area contributed by atoms with Gasteiger partial charge >= 0.3 is 0 Å². The summed E-state index contributed by atoms with van der Waals surface area (Å²) in [4.78, 5) is 25.8. The van der Waals surface area contributed by atoms with Crippen molar-refractivity contribution in [2.45, 2.75) is 6.54 Å². The number of carbonyl (C=O) groups excluding carboxylic acids is 2. The van der Waals surface area contributed by atoms with Gasteiger partial charge in [-0.2, -0.15) is 0 Å². The molecule has 0 bridgehead atoms. The van der Waals surface area contributed by atoms with E-state index < -0.39 is 0 Å². The Morgan fingerprint density at radius 2 is 1.91 bits per heavy atom. The standard InChI is InChI=1S/C17H12INO3S/c18-13-5-2-1-4-12(13)17(21)19-10-11-7-8-15(23-11)16(20)14-6-3-9-22-14/h1-9H,10H2,(H,19,21). The highest BCUT2D eigenvalue weighted by atomic mass is 127. The van der Waals surface area contributed by atoms with Gasteiger partial charge in [-0.1, -0.05) is 12.1 Å². The number of furan rings is 1. The largest absolute Gasteiger partial charge is 0.461 e. The normalized spacial score (nSPS) is 10.5. The first-order chi connectivity index (χ1) is 11.1. The lowest BCUT2D eigenvalue weighted by atomic mass is 10.2. The van der Waals surface area contributed by atoms with E-state index in [4.69, 9.17) is 4.42 Å². The van der Waals surface area contributed by atoms with E-state index in [1.165, 1.54) is 17.6 Å². The van der Waals surface area contributed by atoms with Crippen LogP contribution in [0.4, 0.5) is 0 Å². The predicted molar refractivity (Wildman–Crippen MR) is 96.8 cm³/mol. The summed E-state index contributed by atoms with van der Waals surface area (Å²) in [5.74, 6) is 0.0544. The van der Waals surface area contributed by atoms with Crippen LogP contribution in [0.15, 0.2) is 59.2 Å². The zero-order valence-electron chi connectivity index (χ0n) is 11.9. The number of ketones is 1. The highest BCUT2D eigenvalue weighted by Crippen LogP contribution is 2.20. The zero-order chi connectivity index (χ0) is 16.2. The Morgan fingerprint density at radius 3 is 2.65 bits per heavy atom. The van der Waals surface area contributed by atoms with Gasteiger partial charge in [-0.3, -0.25) is 9.59 Å². The van der Waals surface area contributed by atoms with Crippen LogP contribution in [0.1, 0.15) is 30.7 Å². The predicted octanol–water partition coefficient (Wildman–Crippen LogP) is 4.11. The SMILES string of the molecule is O=C(c1ccco1)c1ccc(CNC(=O)c2ccccc2I)s1. The molecule has 23 heavy (non-hydrogen) atoms. The molecule has 3 aromatic rings. The minimum atomic E-state index is -0.143. The fourth-order valence-electron chi connectivity index (χ4n) is 2.03. The molecule has 3 rings (SSSR count). The zero-order valence-corrected chi connectivity index (χ0v) is 14.9.